The lowest BCUT2D eigenvalue weighted by atomic mass is 9.87. The molecule has 2 N–H and O–H groups in total. The zero-order valence-corrected chi connectivity index (χ0v) is 15.2. The number of likely N-dealkylation sites (N-methyl/N-ethyl adjacent to an activating group) is 1. The van der Waals surface area contributed by atoms with Crippen LogP contribution in [0.4, 0.5) is 18.9 Å². The number of amides is 1. The third-order valence-electron chi connectivity index (χ3n) is 4.98. The van der Waals surface area contributed by atoms with Crippen LogP contribution in [-0.4, -0.2) is 42.8 Å². The number of halogens is 3. The second-order valence-corrected chi connectivity index (χ2v) is 7.02. The van der Waals surface area contributed by atoms with Gasteiger partial charge in [0.1, 0.15) is 6.54 Å². The van der Waals surface area contributed by atoms with Crippen LogP contribution < -0.4 is 10.7 Å². The summed E-state index contributed by atoms with van der Waals surface area (Å²) in [5, 5.41) is 6.56. The maximum atomic E-state index is 12.4. The van der Waals surface area contributed by atoms with Gasteiger partial charge in [-0.2, -0.15) is 18.3 Å². The minimum atomic E-state index is -4.41. The molecule has 0 saturated carbocycles. The summed E-state index contributed by atoms with van der Waals surface area (Å²) < 4.78 is 37.3. The molecule has 0 spiro atoms. The fourth-order valence-corrected chi connectivity index (χ4v) is 3.71. The fourth-order valence-electron chi connectivity index (χ4n) is 3.71. The molecular weight excluding hydrogens is 369 g/mol. The number of rotatable bonds is 3. The van der Waals surface area contributed by atoms with Gasteiger partial charge < -0.3 is 15.6 Å². The monoisotopic (exact) mass is 388 g/mol. The van der Waals surface area contributed by atoms with Gasteiger partial charge in [-0.3, -0.25) is 4.79 Å². The number of hydrogen-bond donors (Lipinski definition) is 2. The average Bonchev–Trinajstić information content (AvgIpc) is 2.97. The maximum Gasteiger partial charge on any atom is 0.407 e. The largest absolute Gasteiger partial charge is 0.407 e. The van der Waals surface area contributed by atoms with Crippen molar-refractivity contribution in [1.82, 2.24) is 10.3 Å². The van der Waals surface area contributed by atoms with Gasteiger partial charge in [0.2, 0.25) is 0 Å². The van der Waals surface area contributed by atoms with Crippen molar-refractivity contribution in [2.75, 3.05) is 25.5 Å². The van der Waals surface area contributed by atoms with Crippen LogP contribution in [-0.2, 0) is 17.8 Å². The van der Waals surface area contributed by atoms with E-state index >= 15 is 0 Å². The number of carbonyl (C=O) groups is 1. The number of nitrogens with zero attached hydrogens (tertiary/aromatic N) is 2. The Kier molecular flexibility index (Phi) is 4.58. The van der Waals surface area contributed by atoms with Gasteiger partial charge in [-0.25, -0.2) is 0 Å². The first-order valence-electron chi connectivity index (χ1n) is 8.95. The van der Waals surface area contributed by atoms with E-state index in [1.807, 2.05) is 48.9 Å². The van der Waals surface area contributed by atoms with Gasteiger partial charge in [0, 0.05) is 18.7 Å². The van der Waals surface area contributed by atoms with Crippen LogP contribution in [0.15, 0.2) is 41.5 Å². The van der Waals surface area contributed by atoms with Crippen molar-refractivity contribution in [3.8, 4) is 11.1 Å². The Balaban J connectivity index is 1.83. The molecule has 2 aromatic rings. The predicted molar refractivity (Wildman–Crippen MR) is 101 cm³/mol. The van der Waals surface area contributed by atoms with Crippen molar-refractivity contribution < 1.29 is 18.0 Å². The Labute approximate surface area is 160 Å². The summed E-state index contributed by atoms with van der Waals surface area (Å²) in [5.41, 5.74) is 7.30. The minimum Gasteiger partial charge on any atom is -0.320 e. The molecule has 0 fully saturated rings. The lowest BCUT2D eigenvalue weighted by molar-refractivity contribution is -0.124. The summed E-state index contributed by atoms with van der Waals surface area (Å²) in [4.78, 5) is 14.6. The van der Waals surface area contributed by atoms with E-state index in [0.29, 0.717) is 17.8 Å². The van der Waals surface area contributed by atoms with E-state index in [4.69, 9.17) is 0 Å². The summed E-state index contributed by atoms with van der Waals surface area (Å²) in [6.07, 6.45) is -3.58. The molecule has 0 aliphatic carbocycles. The van der Waals surface area contributed by atoms with E-state index in [2.05, 4.69) is 15.3 Å². The number of benzene rings is 2. The van der Waals surface area contributed by atoms with Crippen LogP contribution in [0.25, 0.3) is 11.1 Å². The Morgan fingerprint density at radius 2 is 1.93 bits per heavy atom. The number of carbonyl (C=O) groups excluding carboxylic acids is 1. The first kappa shape index (κ1) is 18.5. The predicted octanol–water partition coefficient (Wildman–Crippen LogP) is 3.15. The maximum absolute atomic E-state index is 12.4. The van der Waals surface area contributed by atoms with E-state index in [1.165, 1.54) is 0 Å². The summed E-state index contributed by atoms with van der Waals surface area (Å²) in [6, 6.07) is 11.6. The molecule has 146 valence electrons. The summed E-state index contributed by atoms with van der Waals surface area (Å²) in [7, 11) is 2.00. The minimum absolute atomic E-state index is 0.0209. The summed E-state index contributed by atoms with van der Waals surface area (Å²) in [5.74, 6) is -0.495. The molecule has 4 rings (SSSR count). The van der Waals surface area contributed by atoms with Gasteiger partial charge in [0.15, 0.2) is 5.71 Å². The van der Waals surface area contributed by atoms with Crippen molar-refractivity contribution in [3.05, 3.63) is 53.1 Å². The van der Waals surface area contributed by atoms with Crippen molar-refractivity contribution in [2.24, 2.45) is 5.10 Å². The molecule has 2 heterocycles. The molecule has 2 aliphatic heterocycles. The number of anilines is 1. The Bertz CT molecular complexity index is 954. The van der Waals surface area contributed by atoms with Gasteiger partial charge in [-0.05, 0) is 41.8 Å². The van der Waals surface area contributed by atoms with E-state index in [1.54, 1.807) is 0 Å². The zero-order valence-electron chi connectivity index (χ0n) is 15.2. The van der Waals surface area contributed by atoms with Crippen LogP contribution in [0.1, 0.15) is 16.7 Å². The number of hydrogen-bond acceptors (Lipinski definition) is 4. The first-order valence-corrected chi connectivity index (χ1v) is 8.95. The van der Waals surface area contributed by atoms with Gasteiger partial charge in [-0.15, -0.1) is 0 Å². The molecule has 2 aromatic carbocycles. The SMILES string of the molecule is CN1CCc2c(-c3ccccc3)cc3c(c2C1)NC(=O)/C3=N/NCC(F)(F)F. The highest BCUT2D eigenvalue weighted by atomic mass is 19.4. The highest BCUT2D eigenvalue weighted by Gasteiger charge is 2.34. The standard InChI is InChI=1S/C20H19F3N4O/c1-27-8-7-13-14(12-5-3-2-4-6-12)9-15-17(16(13)10-27)25-19(28)18(15)26-24-11-20(21,22)23/h2-6,9,24H,7-8,10-11H2,1H3,(H,25,26,28). The first-order chi connectivity index (χ1) is 13.3. The van der Waals surface area contributed by atoms with Crippen LogP contribution in [0.5, 0.6) is 0 Å². The van der Waals surface area contributed by atoms with E-state index < -0.39 is 18.6 Å². The smallest absolute Gasteiger partial charge is 0.320 e. The average molecular weight is 388 g/mol. The van der Waals surface area contributed by atoms with E-state index in [9.17, 15) is 18.0 Å². The molecule has 8 heteroatoms. The van der Waals surface area contributed by atoms with Crippen molar-refractivity contribution in [2.45, 2.75) is 19.1 Å². The molecule has 1 amide bonds. The topological polar surface area (TPSA) is 56.7 Å². The lowest BCUT2D eigenvalue weighted by Crippen LogP contribution is -2.27. The Morgan fingerprint density at radius 3 is 2.64 bits per heavy atom. The summed E-state index contributed by atoms with van der Waals surface area (Å²) >= 11 is 0. The van der Waals surface area contributed by atoms with Crippen molar-refractivity contribution in [1.29, 1.82) is 0 Å². The normalized spacial score (nSPS) is 18.0. The van der Waals surface area contributed by atoms with Gasteiger partial charge in [0.25, 0.3) is 5.91 Å². The van der Waals surface area contributed by atoms with Gasteiger partial charge in [0.05, 0.1) is 5.69 Å². The van der Waals surface area contributed by atoms with E-state index in [-0.39, 0.29) is 5.71 Å². The molecule has 0 bridgehead atoms. The molecule has 0 atom stereocenters. The van der Waals surface area contributed by atoms with E-state index in [0.717, 1.165) is 35.2 Å². The molecule has 0 saturated heterocycles. The van der Waals surface area contributed by atoms with Crippen LogP contribution in [0.3, 0.4) is 0 Å². The zero-order chi connectivity index (χ0) is 19.9. The molecule has 0 unspecified atom stereocenters. The van der Waals surface area contributed by atoms with Gasteiger partial charge >= 0.3 is 6.18 Å². The van der Waals surface area contributed by atoms with Gasteiger partial charge in [-0.1, -0.05) is 30.3 Å². The molecule has 28 heavy (non-hydrogen) atoms. The fraction of sp³-hybridized carbons (Fsp3) is 0.300. The number of fused-ring (bicyclic) bond motifs is 3. The summed E-state index contributed by atoms with van der Waals surface area (Å²) in [6.45, 7) is 0.258. The van der Waals surface area contributed by atoms with Crippen LogP contribution in [0.2, 0.25) is 0 Å². The number of hydrazone groups is 1. The van der Waals surface area contributed by atoms with Crippen molar-refractivity contribution >= 4 is 17.3 Å². The molecule has 0 radical (unpaired) electrons. The second-order valence-electron chi connectivity index (χ2n) is 7.02. The van der Waals surface area contributed by atoms with Crippen LogP contribution >= 0.6 is 0 Å². The molecular formula is C20H19F3N4O. The lowest BCUT2D eigenvalue weighted by Gasteiger charge is -2.29. The quantitative estimate of drug-likeness (QED) is 0.795. The third kappa shape index (κ3) is 3.47. The third-order valence-corrected chi connectivity index (χ3v) is 4.98. The molecule has 5 nitrogen and oxygen atoms in total. The number of nitrogens with one attached hydrogen (secondary N) is 2. The molecule has 0 aromatic heterocycles. The Hall–Kier alpha value is -2.87. The van der Waals surface area contributed by atoms with Crippen molar-refractivity contribution in [3.63, 3.8) is 0 Å². The highest BCUT2D eigenvalue weighted by molar-refractivity contribution is 6.54. The Morgan fingerprint density at radius 1 is 1.18 bits per heavy atom. The number of alkyl halides is 3. The van der Waals surface area contributed by atoms with Crippen LogP contribution in [0, 0.1) is 0 Å². The second kappa shape index (κ2) is 6.94. The highest BCUT2D eigenvalue weighted by Crippen LogP contribution is 2.39. The molecule has 2 aliphatic rings.